The summed E-state index contributed by atoms with van der Waals surface area (Å²) in [7, 11) is 0. The van der Waals surface area contributed by atoms with E-state index in [1.165, 1.54) is 6.42 Å². The number of carbonyl (C=O) groups is 2. The molecular formula is C15H24N2O3. The van der Waals surface area contributed by atoms with Crippen LogP contribution in [0.15, 0.2) is 0 Å². The van der Waals surface area contributed by atoms with Gasteiger partial charge in [0.1, 0.15) is 0 Å². The van der Waals surface area contributed by atoms with Gasteiger partial charge in [0.2, 0.25) is 11.8 Å². The molecule has 2 N–H and O–H groups in total. The SMILES string of the molecule is NC(=O)[C@@H]1CC[C@H](C(=O)N2CCCCC23CCOC3)C1. The highest BCUT2D eigenvalue weighted by molar-refractivity contribution is 5.83. The molecule has 1 spiro atoms. The molecular weight excluding hydrogens is 256 g/mol. The maximum atomic E-state index is 12.8. The molecule has 2 aliphatic heterocycles. The Hall–Kier alpha value is -1.10. The van der Waals surface area contributed by atoms with E-state index in [9.17, 15) is 9.59 Å². The molecule has 3 aliphatic rings. The Bertz CT molecular complexity index is 404. The van der Waals surface area contributed by atoms with Gasteiger partial charge in [0.15, 0.2) is 0 Å². The van der Waals surface area contributed by atoms with E-state index >= 15 is 0 Å². The van der Waals surface area contributed by atoms with Crippen LogP contribution in [0.25, 0.3) is 0 Å². The van der Waals surface area contributed by atoms with Gasteiger partial charge in [-0.05, 0) is 44.9 Å². The van der Waals surface area contributed by atoms with Gasteiger partial charge in [-0.1, -0.05) is 0 Å². The van der Waals surface area contributed by atoms with Crippen LogP contribution in [0, 0.1) is 11.8 Å². The van der Waals surface area contributed by atoms with Crippen molar-refractivity contribution in [2.75, 3.05) is 19.8 Å². The second-order valence-electron chi connectivity index (χ2n) is 6.58. The highest BCUT2D eigenvalue weighted by Crippen LogP contribution is 2.39. The first kappa shape index (κ1) is 13.9. The molecule has 5 heteroatoms. The third kappa shape index (κ3) is 2.32. The Morgan fingerprint density at radius 2 is 1.95 bits per heavy atom. The standard InChI is InChI=1S/C15H24N2O3/c16-13(18)11-3-4-12(9-11)14(19)17-7-2-1-5-15(17)6-8-20-10-15/h11-12H,1-10H2,(H2,16,18)/t11-,12+,15?/m1/s1. The van der Waals surface area contributed by atoms with Crippen molar-refractivity contribution >= 4 is 11.8 Å². The molecule has 5 nitrogen and oxygen atoms in total. The van der Waals surface area contributed by atoms with Crippen molar-refractivity contribution in [3.63, 3.8) is 0 Å². The molecule has 20 heavy (non-hydrogen) atoms. The number of ether oxygens (including phenoxy) is 1. The van der Waals surface area contributed by atoms with Crippen LogP contribution in [0.5, 0.6) is 0 Å². The first-order chi connectivity index (χ1) is 9.62. The Morgan fingerprint density at radius 3 is 2.60 bits per heavy atom. The summed E-state index contributed by atoms with van der Waals surface area (Å²) < 4.78 is 5.57. The number of likely N-dealkylation sites (tertiary alicyclic amines) is 1. The first-order valence-corrected chi connectivity index (χ1v) is 7.81. The van der Waals surface area contributed by atoms with Gasteiger partial charge >= 0.3 is 0 Å². The average molecular weight is 280 g/mol. The van der Waals surface area contributed by atoms with Gasteiger partial charge in [0, 0.05) is 25.0 Å². The van der Waals surface area contributed by atoms with E-state index in [1.807, 2.05) is 0 Å². The lowest BCUT2D eigenvalue weighted by molar-refractivity contribution is -0.144. The smallest absolute Gasteiger partial charge is 0.226 e. The summed E-state index contributed by atoms with van der Waals surface area (Å²) in [4.78, 5) is 26.2. The van der Waals surface area contributed by atoms with Crippen molar-refractivity contribution in [3.05, 3.63) is 0 Å². The number of carbonyl (C=O) groups excluding carboxylic acids is 2. The minimum absolute atomic E-state index is 0.0110. The van der Waals surface area contributed by atoms with Crippen LogP contribution in [-0.4, -0.2) is 42.0 Å². The van der Waals surface area contributed by atoms with Crippen molar-refractivity contribution < 1.29 is 14.3 Å². The van der Waals surface area contributed by atoms with Crippen molar-refractivity contribution in [2.24, 2.45) is 17.6 Å². The Balaban J connectivity index is 1.71. The third-order valence-electron chi connectivity index (χ3n) is 5.38. The maximum Gasteiger partial charge on any atom is 0.226 e. The average Bonchev–Trinajstić information content (AvgIpc) is 3.08. The summed E-state index contributed by atoms with van der Waals surface area (Å²) in [5.41, 5.74) is 5.31. The Labute approximate surface area is 119 Å². The van der Waals surface area contributed by atoms with Gasteiger partial charge in [0.25, 0.3) is 0 Å². The van der Waals surface area contributed by atoms with E-state index < -0.39 is 0 Å². The monoisotopic (exact) mass is 280 g/mol. The minimum atomic E-state index is -0.252. The lowest BCUT2D eigenvalue weighted by Crippen LogP contribution is -2.56. The number of hydrogen-bond acceptors (Lipinski definition) is 3. The number of piperidine rings is 1. The highest BCUT2D eigenvalue weighted by Gasteiger charge is 2.47. The molecule has 0 aromatic rings. The Kier molecular flexibility index (Phi) is 3.71. The topological polar surface area (TPSA) is 72.6 Å². The largest absolute Gasteiger partial charge is 0.379 e. The summed E-state index contributed by atoms with van der Waals surface area (Å²) in [6.07, 6.45) is 6.50. The molecule has 112 valence electrons. The summed E-state index contributed by atoms with van der Waals surface area (Å²) in [5, 5.41) is 0. The van der Waals surface area contributed by atoms with E-state index in [4.69, 9.17) is 10.5 Å². The van der Waals surface area contributed by atoms with Crippen molar-refractivity contribution in [1.29, 1.82) is 0 Å². The fourth-order valence-corrected chi connectivity index (χ4v) is 4.13. The number of primary amides is 1. The molecule has 3 rings (SSSR count). The van der Waals surface area contributed by atoms with E-state index in [2.05, 4.69) is 4.90 Å². The fourth-order valence-electron chi connectivity index (χ4n) is 4.13. The molecule has 2 saturated heterocycles. The predicted octanol–water partition coefficient (Wildman–Crippen LogP) is 1.06. The molecule has 1 saturated carbocycles. The summed E-state index contributed by atoms with van der Waals surface area (Å²) in [5.74, 6) is -0.135. The minimum Gasteiger partial charge on any atom is -0.379 e. The zero-order valence-corrected chi connectivity index (χ0v) is 12.0. The second-order valence-corrected chi connectivity index (χ2v) is 6.58. The zero-order chi connectivity index (χ0) is 14.2. The van der Waals surface area contributed by atoms with Crippen LogP contribution >= 0.6 is 0 Å². The van der Waals surface area contributed by atoms with Gasteiger partial charge in [-0.25, -0.2) is 0 Å². The molecule has 1 aliphatic carbocycles. The molecule has 0 bridgehead atoms. The number of nitrogens with two attached hydrogens (primary N) is 1. The third-order valence-corrected chi connectivity index (χ3v) is 5.38. The van der Waals surface area contributed by atoms with Crippen LogP contribution in [0.1, 0.15) is 44.9 Å². The lowest BCUT2D eigenvalue weighted by Gasteiger charge is -2.45. The summed E-state index contributed by atoms with van der Waals surface area (Å²) >= 11 is 0. The molecule has 1 unspecified atom stereocenters. The summed E-state index contributed by atoms with van der Waals surface area (Å²) in [6, 6.07) is 0. The lowest BCUT2D eigenvalue weighted by atomic mass is 9.84. The highest BCUT2D eigenvalue weighted by atomic mass is 16.5. The van der Waals surface area contributed by atoms with Gasteiger partial charge in [-0.2, -0.15) is 0 Å². The zero-order valence-electron chi connectivity index (χ0n) is 12.0. The van der Waals surface area contributed by atoms with E-state index in [0.29, 0.717) is 13.0 Å². The summed E-state index contributed by atoms with van der Waals surface area (Å²) in [6.45, 7) is 2.29. The molecule has 3 fully saturated rings. The van der Waals surface area contributed by atoms with Gasteiger partial charge in [-0.15, -0.1) is 0 Å². The maximum absolute atomic E-state index is 12.8. The van der Waals surface area contributed by atoms with E-state index in [0.717, 1.165) is 45.3 Å². The van der Waals surface area contributed by atoms with Crippen LogP contribution < -0.4 is 5.73 Å². The van der Waals surface area contributed by atoms with Gasteiger partial charge < -0.3 is 15.4 Å². The molecule has 3 atom stereocenters. The van der Waals surface area contributed by atoms with E-state index in [-0.39, 0.29) is 29.2 Å². The van der Waals surface area contributed by atoms with Crippen molar-refractivity contribution in [2.45, 2.75) is 50.5 Å². The van der Waals surface area contributed by atoms with Crippen LogP contribution in [0.2, 0.25) is 0 Å². The van der Waals surface area contributed by atoms with Crippen LogP contribution in [0.3, 0.4) is 0 Å². The molecule has 2 amide bonds. The van der Waals surface area contributed by atoms with Gasteiger partial charge in [0.05, 0.1) is 12.1 Å². The first-order valence-electron chi connectivity index (χ1n) is 7.81. The molecule has 2 heterocycles. The number of amides is 2. The van der Waals surface area contributed by atoms with E-state index in [1.54, 1.807) is 0 Å². The van der Waals surface area contributed by atoms with Crippen LogP contribution in [-0.2, 0) is 14.3 Å². The predicted molar refractivity (Wildman–Crippen MR) is 73.8 cm³/mol. The Morgan fingerprint density at radius 1 is 1.15 bits per heavy atom. The van der Waals surface area contributed by atoms with Crippen molar-refractivity contribution in [3.8, 4) is 0 Å². The second kappa shape index (κ2) is 5.35. The molecule has 0 aromatic heterocycles. The van der Waals surface area contributed by atoms with Gasteiger partial charge in [-0.3, -0.25) is 9.59 Å². The van der Waals surface area contributed by atoms with Crippen LogP contribution in [0.4, 0.5) is 0 Å². The number of hydrogen-bond donors (Lipinski definition) is 1. The fraction of sp³-hybridized carbons (Fsp3) is 0.867. The number of nitrogens with zero attached hydrogens (tertiary/aromatic N) is 1. The molecule has 0 aromatic carbocycles. The number of rotatable bonds is 2. The quantitative estimate of drug-likeness (QED) is 0.822. The normalized spacial score (nSPS) is 37.5. The van der Waals surface area contributed by atoms with Crippen molar-refractivity contribution in [1.82, 2.24) is 4.90 Å². The molecule has 0 radical (unpaired) electrons.